The van der Waals surface area contributed by atoms with Gasteiger partial charge in [0.2, 0.25) is 0 Å². The van der Waals surface area contributed by atoms with Crippen LogP contribution in [0.3, 0.4) is 0 Å². The number of rotatable bonds is 8. The summed E-state index contributed by atoms with van der Waals surface area (Å²) < 4.78 is 107. The van der Waals surface area contributed by atoms with Crippen LogP contribution in [0.1, 0.15) is 110 Å². The van der Waals surface area contributed by atoms with Crippen LogP contribution in [0.5, 0.6) is 0 Å². The monoisotopic (exact) mass is 834 g/mol. The Morgan fingerprint density at radius 3 is 2.53 bits per heavy atom. The van der Waals surface area contributed by atoms with Crippen LogP contribution in [-0.2, 0) is 34.6 Å². The van der Waals surface area contributed by atoms with Gasteiger partial charge in [-0.05, 0) is 110 Å². The SMILES string of the molecule is CC(C)(C)OC(=O)N1CCCC1c1ncc(C#Cc2ccc(Br)c([C@@H](CC(=O)Cn3nc(C(F)(F)F)c4c3C(F)(F)[C@@H]3C[C@H]43)Cc3cc(F)cc(F)c3)n2)[nH]1. The number of nitrogens with one attached hydrogen (secondary N) is 1. The number of benzene rings is 1. The van der Waals surface area contributed by atoms with Crippen LogP contribution in [0.25, 0.3) is 0 Å². The number of aromatic amines is 1. The standard InChI is InChI=1S/C38H34BrF7N6O3/c1-36(2,3)55-35(54)51-10-4-5-29(51)34-47-17-24(49-34)7-6-23-8-9-28(39)31(48-23)20(11-19-12-21(40)15-22(41)13-19)14-25(53)18-52-33-30(32(50-52)38(44,45)46)26-16-27(26)37(33,42)43/h8-9,12-13,15,17,20,26-27,29H,4-5,10-11,14,16,18H2,1-3H3,(H,47,49)/t20-,26+,27-,29?/m1/s1. The number of aromatic nitrogens is 5. The Kier molecular flexibility index (Phi) is 9.88. The number of pyridine rings is 1. The molecule has 1 aromatic carbocycles. The number of ketones is 1. The molecule has 9 nitrogen and oxygen atoms in total. The maximum atomic E-state index is 15.2. The van der Waals surface area contributed by atoms with E-state index in [9.17, 15) is 31.5 Å². The number of H-pyrrole nitrogens is 1. The summed E-state index contributed by atoms with van der Waals surface area (Å²) in [5.41, 5.74) is -2.51. The van der Waals surface area contributed by atoms with Crippen molar-refractivity contribution < 1.29 is 45.1 Å². The summed E-state index contributed by atoms with van der Waals surface area (Å²) in [4.78, 5) is 40.2. The van der Waals surface area contributed by atoms with E-state index in [4.69, 9.17) is 4.74 Å². The molecule has 1 N–H and O–H groups in total. The third-order valence-corrected chi connectivity index (χ3v) is 10.5. The number of carbonyl (C=O) groups excluding carboxylic acids is 2. The zero-order valence-electron chi connectivity index (χ0n) is 29.7. The summed E-state index contributed by atoms with van der Waals surface area (Å²) in [5.74, 6) is -2.86. The van der Waals surface area contributed by atoms with Crippen molar-refractivity contribution in [3.8, 4) is 11.8 Å². The Balaban J connectivity index is 1.15. The number of Topliss-reactive ketones (excluding diaryl/α,β-unsaturated/α-hetero) is 1. The van der Waals surface area contributed by atoms with Crippen LogP contribution in [-0.4, -0.2) is 53.7 Å². The van der Waals surface area contributed by atoms with Gasteiger partial charge in [-0.15, -0.1) is 0 Å². The summed E-state index contributed by atoms with van der Waals surface area (Å²) in [7, 11) is 0. The summed E-state index contributed by atoms with van der Waals surface area (Å²) in [5, 5.41) is 3.46. The second-order valence-corrected chi connectivity index (χ2v) is 15.9. The molecule has 7 rings (SSSR count). The van der Waals surface area contributed by atoms with Crippen molar-refractivity contribution in [3.63, 3.8) is 0 Å². The third kappa shape index (κ3) is 8.01. The average Bonchev–Trinajstić information content (AvgIpc) is 3.38. The van der Waals surface area contributed by atoms with Gasteiger partial charge in [0, 0.05) is 40.9 Å². The van der Waals surface area contributed by atoms with Gasteiger partial charge in [-0.3, -0.25) is 14.4 Å². The minimum absolute atomic E-state index is 0.0946. The molecule has 3 aromatic heterocycles. The Morgan fingerprint density at radius 1 is 1.11 bits per heavy atom. The van der Waals surface area contributed by atoms with Gasteiger partial charge in [0.25, 0.3) is 5.92 Å². The normalized spacial score (nSPS) is 20.4. The highest BCUT2D eigenvalue weighted by Crippen LogP contribution is 2.68. The molecule has 4 aromatic rings. The molecule has 1 amide bonds. The van der Waals surface area contributed by atoms with E-state index in [1.165, 1.54) is 6.20 Å². The Morgan fingerprint density at radius 2 is 1.84 bits per heavy atom. The number of hydrogen-bond acceptors (Lipinski definition) is 6. The average molecular weight is 836 g/mol. The molecule has 1 unspecified atom stereocenters. The summed E-state index contributed by atoms with van der Waals surface area (Å²) in [6.07, 6.45) is -3.20. The number of imidazole rings is 1. The number of ether oxygens (including phenoxy) is 1. The minimum atomic E-state index is -5.00. The van der Waals surface area contributed by atoms with Gasteiger partial charge >= 0.3 is 12.3 Å². The summed E-state index contributed by atoms with van der Waals surface area (Å²) in [6, 6.07) is 5.68. The van der Waals surface area contributed by atoms with Crippen molar-refractivity contribution in [2.45, 2.75) is 95.0 Å². The fraction of sp³-hybridized carbons (Fsp3) is 0.447. The molecule has 2 aliphatic carbocycles. The van der Waals surface area contributed by atoms with Gasteiger partial charge in [-0.2, -0.15) is 27.1 Å². The summed E-state index contributed by atoms with van der Waals surface area (Å²) in [6.45, 7) is 4.98. The predicted molar refractivity (Wildman–Crippen MR) is 186 cm³/mol. The molecule has 17 heteroatoms. The van der Waals surface area contributed by atoms with E-state index in [1.54, 1.807) is 37.8 Å². The van der Waals surface area contributed by atoms with Crippen LogP contribution in [0.15, 0.2) is 41.0 Å². The van der Waals surface area contributed by atoms with Crippen LogP contribution < -0.4 is 0 Å². The number of nitrogens with zero attached hydrogens (tertiary/aromatic N) is 5. The molecule has 4 atom stereocenters. The number of halogens is 8. The predicted octanol–water partition coefficient (Wildman–Crippen LogP) is 8.73. The number of carbonyl (C=O) groups is 2. The fourth-order valence-corrected chi connectivity index (χ4v) is 8.03. The molecule has 0 radical (unpaired) electrons. The molecule has 0 spiro atoms. The molecule has 1 saturated heterocycles. The van der Waals surface area contributed by atoms with E-state index < -0.39 is 88.9 Å². The minimum Gasteiger partial charge on any atom is -0.444 e. The number of hydrogen-bond donors (Lipinski definition) is 1. The third-order valence-electron chi connectivity index (χ3n) is 9.78. The lowest BCUT2D eigenvalue weighted by atomic mass is 9.90. The van der Waals surface area contributed by atoms with Crippen molar-refractivity contribution in [1.29, 1.82) is 0 Å². The lowest BCUT2D eigenvalue weighted by molar-refractivity contribution is -0.142. The first-order valence-electron chi connectivity index (χ1n) is 17.5. The summed E-state index contributed by atoms with van der Waals surface area (Å²) >= 11 is 3.42. The molecule has 3 aliphatic rings. The molecule has 2 fully saturated rings. The molecule has 1 aliphatic heterocycles. The maximum Gasteiger partial charge on any atom is 0.435 e. The lowest BCUT2D eigenvalue weighted by Crippen LogP contribution is -2.36. The van der Waals surface area contributed by atoms with E-state index in [1.807, 2.05) is 0 Å². The van der Waals surface area contributed by atoms with Crippen molar-refractivity contribution in [1.82, 2.24) is 29.6 Å². The highest BCUT2D eigenvalue weighted by molar-refractivity contribution is 9.10. The first-order chi connectivity index (χ1) is 25.8. The Labute approximate surface area is 319 Å². The topological polar surface area (TPSA) is 106 Å². The first kappa shape index (κ1) is 38.6. The van der Waals surface area contributed by atoms with Crippen LogP contribution in [0.4, 0.5) is 35.5 Å². The quantitative estimate of drug-likeness (QED) is 0.141. The van der Waals surface area contributed by atoms with Crippen molar-refractivity contribution in [2.75, 3.05) is 6.54 Å². The van der Waals surface area contributed by atoms with Crippen LogP contribution in [0, 0.1) is 29.4 Å². The maximum absolute atomic E-state index is 15.2. The fourth-order valence-electron chi connectivity index (χ4n) is 7.48. The molecule has 55 heavy (non-hydrogen) atoms. The number of alkyl halides is 5. The molecular weight excluding hydrogens is 801 g/mol. The second kappa shape index (κ2) is 14.1. The Bertz CT molecular complexity index is 2210. The van der Waals surface area contributed by atoms with Gasteiger partial charge in [-0.1, -0.05) is 0 Å². The molecule has 1 saturated carbocycles. The lowest BCUT2D eigenvalue weighted by Gasteiger charge is -2.27. The van der Waals surface area contributed by atoms with Crippen molar-refractivity contribution in [3.05, 3.63) is 98.1 Å². The van der Waals surface area contributed by atoms with Gasteiger partial charge in [0.1, 0.15) is 46.7 Å². The molecule has 290 valence electrons. The number of fused-ring (bicyclic) bond motifs is 3. The van der Waals surface area contributed by atoms with Crippen LogP contribution >= 0.6 is 15.9 Å². The van der Waals surface area contributed by atoms with E-state index >= 15 is 8.78 Å². The molecular formula is C38H34BrF7N6O3. The Hall–Kier alpha value is -4.72. The van der Waals surface area contributed by atoms with E-state index in [0.717, 1.165) is 18.6 Å². The molecule has 4 heterocycles. The first-order valence-corrected chi connectivity index (χ1v) is 18.3. The zero-order chi connectivity index (χ0) is 39.6. The van der Waals surface area contributed by atoms with Crippen molar-refractivity contribution >= 4 is 27.8 Å². The smallest absolute Gasteiger partial charge is 0.435 e. The highest BCUT2D eigenvalue weighted by Gasteiger charge is 2.68. The number of likely N-dealkylation sites (tertiary alicyclic amines) is 1. The van der Waals surface area contributed by atoms with E-state index in [2.05, 4.69) is 47.8 Å². The van der Waals surface area contributed by atoms with Crippen molar-refractivity contribution in [2.24, 2.45) is 5.92 Å². The van der Waals surface area contributed by atoms with E-state index in [0.29, 0.717) is 39.7 Å². The van der Waals surface area contributed by atoms with Gasteiger partial charge in [-0.25, -0.2) is 23.5 Å². The van der Waals surface area contributed by atoms with Gasteiger partial charge in [0.05, 0.1) is 17.9 Å². The molecule has 0 bridgehead atoms. The highest BCUT2D eigenvalue weighted by atomic mass is 79.9. The second-order valence-electron chi connectivity index (χ2n) is 15.1. The van der Waals surface area contributed by atoms with Crippen LogP contribution in [0.2, 0.25) is 0 Å². The van der Waals surface area contributed by atoms with Gasteiger partial charge in [0.15, 0.2) is 11.5 Å². The van der Waals surface area contributed by atoms with E-state index in [-0.39, 0.29) is 35.8 Å². The largest absolute Gasteiger partial charge is 0.444 e. The number of amides is 1. The van der Waals surface area contributed by atoms with Gasteiger partial charge < -0.3 is 9.72 Å². The zero-order valence-corrected chi connectivity index (χ0v) is 31.3.